The molecule has 5 nitrogen and oxygen atoms in total. The number of likely N-dealkylation sites (N-methyl/N-ethyl adjacent to an activating group) is 1. The van der Waals surface area contributed by atoms with Gasteiger partial charge in [-0.2, -0.15) is 0 Å². The van der Waals surface area contributed by atoms with Crippen molar-refractivity contribution >= 4 is 17.3 Å². The topological polar surface area (TPSA) is 61.6 Å². The number of para-hydroxylation sites is 1. The highest BCUT2D eigenvalue weighted by Crippen LogP contribution is 2.22. The lowest BCUT2D eigenvalue weighted by Gasteiger charge is -2.37. The molecule has 0 saturated carbocycles. The van der Waals surface area contributed by atoms with Crippen LogP contribution < -0.4 is 11.1 Å². The fourth-order valence-corrected chi connectivity index (χ4v) is 2.64. The van der Waals surface area contributed by atoms with Gasteiger partial charge in [0.05, 0.1) is 17.9 Å². The normalized spacial score (nSPS) is 20.9. The van der Waals surface area contributed by atoms with Crippen LogP contribution in [0.5, 0.6) is 0 Å². The fourth-order valence-electron chi connectivity index (χ4n) is 2.64. The minimum atomic E-state index is 0.00223. The quantitative estimate of drug-likeness (QED) is 0.813. The molecule has 0 spiro atoms. The third-order valence-electron chi connectivity index (χ3n) is 3.88. The van der Waals surface area contributed by atoms with Crippen LogP contribution in [0.3, 0.4) is 0 Å². The van der Waals surface area contributed by atoms with Crippen molar-refractivity contribution in [3.05, 3.63) is 23.8 Å². The van der Waals surface area contributed by atoms with Crippen molar-refractivity contribution in [1.29, 1.82) is 0 Å². The van der Waals surface area contributed by atoms with Gasteiger partial charge in [-0.1, -0.05) is 12.1 Å². The zero-order chi connectivity index (χ0) is 14.7. The Hall–Kier alpha value is -1.59. The van der Waals surface area contributed by atoms with E-state index in [1.54, 1.807) is 6.07 Å². The highest BCUT2D eigenvalue weighted by molar-refractivity contribution is 5.96. The molecule has 1 heterocycles. The van der Waals surface area contributed by atoms with E-state index in [9.17, 15) is 4.79 Å². The fraction of sp³-hybridized carbons (Fsp3) is 0.533. The number of nitrogens with two attached hydrogens (primary N) is 1. The number of nitrogen functional groups attached to an aromatic ring is 1. The number of carbonyl (C=O) groups excluding carboxylic acids is 1. The average Bonchev–Trinajstić information content (AvgIpc) is 2.37. The van der Waals surface area contributed by atoms with Crippen LogP contribution in [0.1, 0.15) is 12.5 Å². The summed E-state index contributed by atoms with van der Waals surface area (Å²) in [5.41, 5.74) is 8.25. The Morgan fingerprint density at radius 3 is 2.85 bits per heavy atom. The molecular formula is C15H24N4O. The maximum atomic E-state index is 12.2. The van der Waals surface area contributed by atoms with E-state index in [0.717, 1.165) is 30.9 Å². The summed E-state index contributed by atoms with van der Waals surface area (Å²) in [6, 6.07) is 6.04. The zero-order valence-corrected chi connectivity index (χ0v) is 12.5. The second-order valence-corrected chi connectivity index (χ2v) is 5.67. The van der Waals surface area contributed by atoms with Crippen molar-refractivity contribution in [2.75, 3.05) is 44.3 Å². The predicted octanol–water partition coefficient (Wildman–Crippen LogP) is 1.15. The summed E-state index contributed by atoms with van der Waals surface area (Å²) >= 11 is 0. The number of nitrogens with one attached hydrogen (secondary N) is 1. The summed E-state index contributed by atoms with van der Waals surface area (Å²) in [5, 5.41) is 2.94. The molecule has 1 atom stereocenters. The summed E-state index contributed by atoms with van der Waals surface area (Å²) in [6.07, 6.45) is 0. The first-order chi connectivity index (χ1) is 9.47. The molecular weight excluding hydrogens is 252 g/mol. The third kappa shape index (κ3) is 3.49. The molecule has 1 unspecified atom stereocenters. The van der Waals surface area contributed by atoms with Gasteiger partial charge in [0.1, 0.15) is 0 Å². The summed E-state index contributed by atoms with van der Waals surface area (Å²) in [6.45, 7) is 7.45. The van der Waals surface area contributed by atoms with Crippen LogP contribution in [0.4, 0.5) is 11.4 Å². The van der Waals surface area contributed by atoms with E-state index in [1.165, 1.54) is 0 Å². The van der Waals surface area contributed by atoms with Crippen LogP contribution in [0, 0.1) is 6.92 Å². The third-order valence-corrected chi connectivity index (χ3v) is 3.88. The van der Waals surface area contributed by atoms with Gasteiger partial charge in [-0.15, -0.1) is 0 Å². The molecule has 5 heteroatoms. The maximum Gasteiger partial charge on any atom is 0.238 e. The highest BCUT2D eigenvalue weighted by atomic mass is 16.2. The van der Waals surface area contributed by atoms with Crippen LogP contribution in [-0.4, -0.2) is 55.0 Å². The maximum absolute atomic E-state index is 12.2. The van der Waals surface area contributed by atoms with Crippen LogP contribution in [0.25, 0.3) is 0 Å². The van der Waals surface area contributed by atoms with Gasteiger partial charge in [0, 0.05) is 25.7 Å². The van der Waals surface area contributed by atoms with Gasteiger partial charge >= 0.3 is 0 Å². The predicted molar refractivity (Wildman–Crippen MR) is 82.8 cm³/mol. The van der Waals surface area contributed by atoms with Crippen LogP contribution in [-0.2, 0) is 4.79 Å². The largest absolute Gasteiger partial charge is 0.397 e. The summed E-state index contributed by atoms with van der Waals surface area (Å²) in [7, 11) is 2.11. The number of hydrogen-bond acceptors (Lipinski definition) is 4. The van der Waals surface area contributed by atoms with Gasteiger partial charge in [0.15, 0.2) is 0 Å². The molecule has 1 aliphatic rings. The number of amides is 1. The zero-order valence-electron chi connectivity index (χ0n) is 12.5. The van der Waals surface area contributed by atoms with Crippen LogP contribution in [0.2, 0.25) is 0 Å². The van der Waals surface area contributed by atoms with Gasteiger partial charge in [-0.3, -0.25) is 9.69 Å². The minimum absolute atomic E-state index is 0.00223. The minimum Gasteiger partial charge on any atom is -0.397 e. The molecule has 1 aromatic rings. The molecule has 110 valence electrons. The van der Waals surface area contributed by atoms with Gasteiger partial charge < -0.3 is 16.0 Å². The lowest BCUT2D eigenvalue weighted by atomic mass is 10.1. The van der Waals surface area contributed by atoms with Crippen molar-refractivity contribution in [1.82, 2.24) is 9.80 Å². The molecule has 20 heavy (non-hydrogen) atoms. The molecule has 0 aliphatic carbocycles. The second kappa shape index (κ2) is 6.24. The van der Waals surface area contributed by atoms with E-state index in [4.69, 9.17) is 5.73 Å². The molecule has 1 aliphatic heterocycles. The molecule has 3 N–H and O–H groups in total. The number of piperazine rings is 1. The van der Waals surface area contributed by atoms with E-state index < -0.39 is 0 Å². The molecule has 2 rings (SSSR count). The van der Waals surface area contributed by atoms with E-state index in [-0.39, 0.29) is 5.91 Å². The Labute approximate surface area is 120 Å². The first-order valence-electron chi connectivity index (χ1n) is 7.05. The summed E-state index contributed by atoms with van der Waals surface area (Å²) < 4.78 is 0. The number of rotatable bonds is 3. The van der Waals surface area contributed by atoms with Crippen LogP contribution >= 0.6 is 0 Å². The Morgan fingerprint density at radius 2 is 2.20 bits per heavy atom. The lowest BCUT2D eigenvalue weighted by Crippen LogP contribution is -2.52. The molecule has 1 fully saturated rings. The van der Waals surface area contributed by atoms with Crippen molar-refractivity contribution in [2.24, 2.45) is 0 Å². The number of carbonyl (C=O) groups is 1. The lowest BCUT2D eigenvalue weighted by molar-refractivity contribution is -0.118. The Bertz CT molecular complexity index is 469. The Kier molecular flexibility index (Phi) is 4.62. The number of nitrogens with zero attached hydrogens (tertiary/aromatic N) is 2. The molecule has 1 saturated heterocycles. The van der Waals surface area contributed by atoms with E-state index in [1.807, 2.05) is 19.1 Å². The second-order valence-electron chi connectivity index (χ2n) is 5.67. The molecule has 0 aromatic heterocycles. The van der Waals surface area contributed by atoms with Gasteiger partial charge in [0.25, 0.3) is 0 Å². The number of anilines is 2. The average molecular weight is 276 g/mol. The molecule has 0 radical (unpaired) electrons. The first kappa shape index (κ1) is 14.8. The standard InChI is InChI=1S/C15H24N4O/c1-11-5-4-6-13(16)15(11)17-14(20)10-19-8-7-18(3)9-12(19)2/h4-6,12H,7-10,16H2,1-3H3,(H,17,20). The van der Waals surface area contributed by atoms with Crippen molar-refractivity contribution in [2.45, 2.75) is 19.9 Å². The smallest absolute Gasteiger partial charge is 0.238 e. The van der Waals surface area contributed by atoms with Crippen LogP contribution in [0.15, 0.2) is 18.2 Å². The number of aryl methyl sites for hydroxylation is 1. The molecule has 0 bridgehead atoms. The van der Waals surface area contributed by atoms with E-state index in [2.05, 4.69) is 29.1 Å². The van der Waals surface area contributed by atoms with Gasteiger partial charge in [0.2, 0.25) is 5.91 Å². The van der Waals surface area contributed by atoms with Crippen molar-refractivity contribution < 1.29 is 4.79 Å². The first-order valence-corrected chi connectivity index (χ1v) is 7.05. The molecule has 1 amide bonds. The summed E-state index contributed by atoms with van der Waals surface area (Å²) in [5.74, 6) is 0.00223. The van der Waals surface area contributed by atoms with Crippen molar-refractivity contribution in [3.8, 4) is 0 Å². The monoisotopic (exact) mass is 276 g/mol. The SMILES string of the molecule is Cc1cccc(N)c1NC(=O)CN1CCN(C)CC1C. The summed E-state index contributed by atoms with van der Waals surface area (Å²) in [4.78, 5) is 16.7. The van der Waals surface area contributed by atoms with Gasteiger partial charge in [-0.25, -0.2) is 0 Å². The van der Waals surface area contributed by atoms with E-state index >= 15 is 0 Å². The molecule has 1 aromatic carbocycles. The van der Waals surface area contributed by atoms with Gasteiger partial charge in [-0.05, 0) is 32.5 Å². The number of hydrogen-bond donors (Lipinski definition) is 2. The Morgan fingerprint density at radius 1 is 1.45 bits per heavy atom. The van der Waals surface area contributed by atoms with Crippen molar-refractivity contribution in [3.63, 3.8) is 0 Å². The van der Waals surface area contributed by atoms with E-state index in [0.29, 0.717) is 18.3 Å². The Balaban J connectivity index is 1.96. The number of benzene rings is 1. The highest BCUT2D eigenvalue weighted by Gasteiger charge is 2.23.